The Bertz CT molecular complexity index is 830. The minimum absolute atomic E-state index is 0.00959. The third-order valence-electron chi connectivity index (χ3n) is 4.38. The molecule has 1 aromatic carbocycles. The SMILES string of the molecule is Cc1nc(C(=O)N2CCO[C@H](C(=O)O)C2)nn1-c1ccccc1C(C)C. The van der Waals surface area contributed by atoms with Crippen LogP contribution < -0.4 is 0 Å². The number of ether oxygens (including phenoxy) is 1. The molecule has 1 aliphatic rings. The summed E-state index contributed by atoms with van der Waals surface area (Å²) in [6.07, 6.45) is -1.02. The zero-order valence-electron chi connectivity index (χ0n) is 15.0. The van der Waals surface area contributed by atoms with E-state index in [-0.39, 0.29) is 24.9 Å². The summed E-state index contributed by atoms with van der Waals surface area (Å²) in [5, 5.41) is 13.5. The van der Waals surface area contributed by atoms with E-state index in [1.54, 1.807) is 11.6 Å². The zero-order valence-corrected chi connectivity index (χ0v) is 15.0. The molecule has 2 heterocycles. The molecule has 8 heteroatoms. The molecule has 0 bridgehead atoms. The first-order chi connectivity index (χ1) is 12.4. The number of nitrogens with zero attached hydrogens (tertiary/aromatic N) is 4. The molecule has 0 radical (unpaired) electrons. The molecule has 0 spiro atoms. The van der Waals surface area contributed by atoms with E-state index in [2.05, 4.69) is 23.9 Å². The van der Waals surface area contributed by atoms with Gasteiger partial charge in [0, 0.05) is 6.54 Å². The van der Waals surface area contributed by atoms with Crippen LogP contribution in [-0.4, -0.2) is 62.4 Å². The smallest absolute Gasteiger partial charge is 0.334 e. The highest BCUT2D eigenvalue weighted by Crippen LogP contribution is 2.23. The lowest BCUT2D eigenvalue weighted by Crippen LogP contribution is -2.48. The minimum atomic E-state index is -1.08. The van der Waals surface area contributed by atoms with Crippen LogP contribution in [0.3, 0.4) is 0 Å². The molecule has 138 valence electrons. The van der Waals surface area contributed by atoms with E-state index >= 15 is 0 Å². The number of aromatic nitrogens is 3. The number of carboxylic acid groups (broad SMARTS) is 1. The molecule has 3 rings (SSSR count). The highest BCUT2D eigenvalue weighted by Gasteiger charge is 2.31. The normalized spacial score (nSPS) is 17.5. The molecule has 1 atom stereocenters. The summed E-state index contributed by atoms with van der Waals surface area (Å²) < 4.78 is 6.82. The number of aliphatic carboxylic acids is 1. The van der Waals surface area contributed by atoms with E-state index in [1.807, 2.05) is 24.3 Å². The molecular formula is C18H22N4O4. The van der Waals surface area contributed by atoms with Crippen LogP contribution in [0.5, 0.6) is 0 Å². The van der Waals surface area contributed by atoms with Gasteiger partial charge in [-0.05, 0) is 24.5 Å². The number of carbonyl (C=O) groups excluding carboxylic acids is 1. The van der Waals surface area contributed by atoms with Gasteiger partial charge in [-0.1, -0.05) is 32.0 Å². The second-order valence-corrected chi connectivity index (χ2v) is 6.56. The van der Waals surface area contributed by atoms with Gasteiger partial charge in [-0.2, -0.15) is 0 Å². The molecule has 8 nitrogen and oxygen atoms in total. The molecule has 0 aliphatic carbocycles. The van der Waals surface area contributed by atoms with E-state index in [4.69, 9.17) is 9.84 Å². The summed E-state index contributed by atoms with van der Waals surface area (Å²) in [6.45, 7) is 6.47. The second-order valence-electron chi connectivity index (χ2n) is 6.56. The molecule has 0 unspecified atom stereocenters. The van der Waals surface area contributed by atoms with Crippen molar-refractivity contribution in [2.24, 2.45) is 0 Å². The Hall–Kier alpha value is -2.74. The molecule has 0 saturated carbocycles. The zero-order chi connectivity index (χ0) is 18.8. The third-order valence-corrected chi connectivity index (χ3v) is 4.38. The predicted molar refractivity (Wildman–Crippen MR) is 93.5 cm³/mol. The number of rotatable bonds is 4. The van der Waals surface area contributed by atoms with Crippen LogP contribution in [0.2, 0.25) is 0 Å². The van der Waals surface area contributed by atoms with Gasteiger partial charge in [0.05, 0.1) is 18.8 Å². The van der Waals surface area contributed by atoms with Gasteiger partial charge in [0.2, 0.25) is 5.82 Å². The fourth-order valence-electron chi connectivity index (χ4n) is 3.00. The Balaban J connectivity index is 1.89. The van der Waals surface area contributed by atoms with Gasteiger partial charge in [-0.25, -0.2) is 14.5 Å². The van der Waals surface area contributed by atoms with Gasteiger partial charge in [-0.15, -0.1) is 5.10 Å². The van der Waals surface area contributed by atoms with Gasteiger partial charge in [-0.3, -0.25) is 4.79 Å². The van der Waals surface area contributed by atoms with Crippen molar-refractivity contribution in [2.45, 2.75) is 32.8 Å². The molecule has 1 amide bonds. The highest BCUT2D eigenvalue weighted by molar-refractivity contribution is 5.91. The Morgan fingerprint density at radius 2 is 2.04 bits per heavy atom. The van der Waals surface area contributed by atoms with Crippen LogP contribution in [0.1, 0.15) is 41.8 Å². The van der Waals surface area contributed by atoms with Crippen LogP contribution >= 0.6 is 0 Å². The molecule has 1 aromatic heterocycles. The number of carboxylic acids is 1. The van der Waals surface area contributed by atoms with E-state index in [9.17, 15) is 9.59 Å². The lowest BCUT2D eigenvalue weighted by atomic mass is 10.0. The first-order valence-electron chi connectivity index (χ1n) is 8.55. The molecule has 2 aromatic rings. The Morgan fingerprint density at radius 1 is 1.31 bits per heavy atom. The Morgan fingerprint density at radius 3 is 2.73 bits per heavy atom. The van der Waals surface area contributed by atoms with Gasteiger partial charge >= 0.3 is 5.97 Å². The predicted octanol–water partition coefficient (Wildman–Crippen LogP) is 1.62. The highest BCUT2D eigenvalue weighted by atomic mass is 16.5. The van der Waals surface area contributed by atoms with E-state index in [1.165, 1.54) is 4.90 Å². The van der Waals surface area contributed by atoms with Crippen LogP contribution in [0.15, 0.2) is 24.3 Å². The summed E-state index contributed by atoms with van der Waals surface area (Å²) in [4.78, 5) is 29.6. The first kappa shape index (κ1) is 18.1. The number of morpholine rings is 1. The van der Waals surface area contributed by atoms with Crippen molar-refractivity contribution in [3.05, 3.63) is 41.5 Å². The van der Waals surface area contributed by atoms with Crippen molar-refractivity contribution >= 4 is 11.9 Å². The topological polar surface area (TPSA) is 97.6 Å². The molecule has 26 heavy (non-hydrogen) atoms. The average Bonchev–Trinajstić information content (AvgIpc) is 3.02. The second kappa shape index (κ2) is 7.25. The van der Waals surface area contributed by atoms with Crippen molar-refractivity contribution in [2.75, 3.05) is 19.7 Å². The van der Waals surface area contributed by atoms with Gasteiger partial charge in [0.25, 0.3) is 5.91 Å². The standard InChI is InChI=1S/C18H22N4O4/c1-11(2)13-6-4-5-7-14(13)22-12(3)19-16(20-22)17(23)21-8-9-26-15(10-21)18(24)25/h4-7,11,15H,8-10H2,1-3H3,(H,24,25)/t15-/m0/s1. The van der Waals surface area contributed by atoms with Crippen LogP contribution in [-0.2, 0) is 9.53 Å². The average molecular weight is 358 g/mol. The van der Waals surface area contributed by atoms with Crippen LogP contribution in [0.4, 0.5) is 0 Å². The molecule has 1 fully saturated rings. The maximum Gasteiger partial charge on any atom is 0.334 e. The van der Waals surface area contributed by atoms with E-state index in [0.717, 1.165) is 11.3 Å². The van der Waals surface area contributed by atoms with Crippen molar-refractivity contribution in [3.63, 3.8) is 0 Å². The van der Waals surface area contributed by atoms with Gasteiger partial charge in [0.1, 0.15) is 5.82 Å². The maximum absolute atomic E-state index is 12.7. The molecule has 1 saturated heterocycles. The summed E-state index contributed by atoms with van der Waals surface area (Å²) in [7, 11) is 0. The number of hydrogen-bond acceptors (Lipinski definition) is 5. The van der Waals surface area contributed by atoms with E-state index in [0.29, 0.717) is 18.3 Å². The molecule has 1 N–H and O–H groups in total. The Kier molecular flexibility index (Phi) is 5.03. The molecular weight excluding hydrogens is 336 g/mol. The van der Waals surface area contributed by atoms with Crippen LogP contribution in [0.25, 0.3) is 5.69 Å². The summed E-state index contributed by atoms with van der Waals surface area (Å²) in [5.74, 6) is -0.507. The number of carbonyl (C=O) groups is 2. The van der Waals surface area contributed by atoms with Crippen molar-refractivity contribution in [3.8, 4) is 5.69 Å². The monoisotopic (exact) mass is 358 g/mol. The van der Waals surface area contributed by atoms with Crippen molar-refractivity contribution in [1.82, 2.24) is 19.7 Å². The molecule has 1 aliphatic heterocycles. The number of amides is 1. The lowest BCUT2D eigenvalue weighted by molar-refractivity contribution is -0.154. The summed E-state index contributed by atoms with van der Waals surface area (Å²) in [5.41, 5.74) is 1.99. The maximum atomic E-state index is 12.7. The van der Waals surface area contributed by atoms with Gasteiger partial charge in [0.15, 0.2) is 6.10 Å². The third kappa shape index (κ3) is 3.45. The summed E-state index contributed by atoms with van der Waals surface area (Å²) >= 11 is 0. The number of aryl methyl sites for hydroxylation is 1. The van der Waals surface area contributed by atoms with Crippen LogP contribution in [0, 0.1) is 6.92 Å². The fourth-order valence-corrected chi connectivity index (χ4v) is 3.00. The Labute approximate surface area is 151 Å². The van der Waals surface area contributed by atoms with Crippen molar-refractivity contribution in [1.29, 1.82) is 0 Å². The van der Waals surface area contributed by atoms with Crippen molar-refractivity contribution < 1.29 is 19.4 Å². The quantitative estimate of drug-likeness (QED) is 0.892. The first-order valence-corrected chi connectivity index (χ1v) is 8.55. The van der Waals surface area contributed by atoms with Gasteiger partial charge < -0.3 is 14.7 Å². The number of para-hydroxylation sites is 1. The number of hydrogen-bond donors (Lipinski definition) is 1. The summed E-state index contributed by atoms with van der Waals surface area (Å²) in [6, 6.07) is 7.86. The lowest BCUT2D eigenvalue weighted by Gasteiger charge is -2.29. The van der Waals surface area contributed by atoms with E-state index < -0.39 is 12.1 Å². The number of benzene rings is 1. The fraction of sp³-hybridized carbons (Fsp3) is 0.444. The minimum Gasteiger partial charge on any atom is -0.479 e. The largest absolute Gasteiger partial charge is 0.479 e.